The highest BCUT2D eigenvalue weighted by Gasteiger charge is 2.10. The van der Waals surface area contributed by atoms with Gasteiger partial charge in [-0.1, -0.05) is 11.8 Å². The Morgan fingerprint density at radius 2 is 2.05 bits per heavy atom. The smallest absolute Gasteiger partial charge is 0.234 e. The van der Waals surface area contributed by atoms with Crippen molar-refractivity contribution < 1.29 is 4.79 Å². The normalized spacial score (nSPS) is 10.6. The second-order valence-corrected chi connectivity index (χ2v) is 6.31. The molecule has 0 unspecified atom stereocenters. The number of anilines is 1. The molecule has 0 aliphatic heterocycles. The topological polar surface area (TPSA) is 59.8 Å². The molecule has 0 saturated heterocycles. The van der Waals surface area contributed by atoms with E-state index in [4.69, 9.17) is 0 Å². The van der Waals surface area contributed by atoms with E-state index >= 15 is 0 Å². The van der Waals surface area contributed by atoms with E-state index in [0.717, 1.165) is 26.8 Å². The molecule has 1 heterocycles. The molecule has 1 aromatic heterocycles. The summed E-state index contributed by atoms with van der Waals surface area (Å²) in [6, 6.07) is 7.70. The number of benzene rings is 1. The molecule has 1 amide bonds. The van der Waals surface area contributed by atoms with Gasteiger partial charge in [0.1, 0.15) is 5.82 Å². The van der Waals surface area contributed by atoms with Crippen LogP contribution in [0.3, 0.4) is 0 Å². The van der Waals surface area contributed by atoms with Crippen LogP contribution in [-0.2, 0) is 11.3 Å². The number of thioether (sulfide) groups is 1. The maximum atomic E-state index is 11.9. The van der Waals surface area contributed by atoms with Crippen LogP contribution in [0.4, 0.5) is 5.69 Å². The molecule has 1 N–H and O–H groups in total. The summed E-state index contributed by atoms with van der Waals surface area (Å²) >= 11 is 3.63. The molecule has 0 fully saturated rings. The Morgan fingerprint density at radius 3 is 2.70 bits per heavy atom. The van der Waals surface area contributed by atoms with Crippen molar-refractivity contribution in [1.82, 2.24) is 14.8 Å². The number of carbonyl (C=O) groups excluding carboxylic acids is 1. The molecular weight excluding hydrogens is 387 g/mol. The number of hydrogen-bond acceptors (Lipinski definition) is 4. The van der Waals surface area contributed by atoms with E-state index in [2.05, 4.69) is 38.1 Å². The molecule has 0 atom stereocenters. The molecule has 5 nitrogen and oxygen atoms in total. The Hall–Kier alpha value is -1.09. The van der Waals surface area contributed by atoms with E-state index in [-0.39, 0.29) is 5.91 Å². The van der Waals surface area contributed by atoms with Gasteiger partial charge in [-0.2, -0.15) is 0 Å². The highest BCUT2D eigenvalue weighted by atomic mass is 127. The summed E-state index contributed by atoms with van der Waals surface area (Å²) < 4.78 is 3.13. The molecule has 1 aromatic carbocycles. The van der Waals surface area contributed by atoms with Crippen molar-refractivity contribution in [3.8, 4) is 0 Å². The molecule has 2 aromatic rings. The van der Waals surface area contributed by atoms with Crippen molar-refractivity contribution >= 4 is 45.9 Å². The van der Waals surface area contributed by atoms with Crippen LogP contribution in [0.5, 0.6) is 0 Å². The van der Waals surface area contributed by atoms with Crippen LogP contribution in [0.25, 0.3) is 0 Å². The van der Waals surface area contributed by atoms with Crippen molar-refractivity contribution in [2.24, 2.45) is 0 Å². The van der Waals surface area contributed by atoms with Gasteiger partial charge in [-0.05, 0) is 60.7 Å². The van der Waals surface area contributed by atoms with Crippen molar-refractivity contribution in [3.63, 3.8) is 0 Å². The van der Waals surface area contributed by atoms with Gasteiger partial charge in [0.2, 0.25) is 5.91 Å². The number of halogens is 1. The van der Waals surface area contributed by atoms with Gasteiger partial charge < -0.3 is 9.88 Å². The highest BCUT2D eigenvalue weighted by molar-refractivity contribution is 14.1. The van der Waals surface area contributed by atoms with Crippen LogP contribution in [0.15, 0.2) is 29.4 Å². The van der Waals surface area contributed by atoms with Gasteiger partial charge in [-0.15, -0.1) is 10.2 Å². The van der Waals surface area contributed by atoms with E-state index in [0.29, 0.717) is 5.75 Å². The lowest BCUT2D eigenvalue weighted by Crippen LogP contribution is -2.14. The van der Waals surface area contributed by atoms with Crippen LogP contribution >= 0.6 is 34.4 Å². The van der Waals surface area contributed by atoms with Gasteiger partial charge in [0, 0.05) is 15.8 Å². The molecular formula is C13H15IN4OS. The van der Waals surface area contributed by atoms with Crippen LogP contribution in [0, 0.1) is 10.5 Å². The molecule has 0 radical (unpaired) electrons. The number of carbonyl (C=O) groups is 1. The monoisotopic (exact) mass is 402 g/mol. The number of aromatic nitrogens is 3. The highest BCUT2D eigenvalue weighted by Crippen LogP contribution is 2.17. The van der Waals surface area contributed by atoms with Crippen LogP contribution in [-0.4, -0.2) is 26.4 Å². The van der Waals surface area contributed by atoms with E-state index < -0.39 is 0 Å². The average molecular weight is 402 g/mol. The number of aryl methyl sites for hydroxylation is 1. The average Bonchev–Trinajstić information content (AvgIpc) is 2.79. The van der Waals surface area contributed by atoms with Gasteiger partial charge in [-0.25, -0.2) is 0 Å². The van der Waals surface area contributed by atoms with Crippen molar-refractivity contribution in [3.05, 3.63) is 33.7 Å². The minimum atomic E-state index is -0.0421. The number of amides is 1. The Balaban J connectivity index is 1.90. The quantitative estimate of drug-likeness (QED) is 0.617. The lowest BCUT2D eigenvalue weighted by atomic mass is 10.3. The van der Waals surface area contributed by atoms with E-state index in [9.17, 15) is 4.79 Å². The SMILES string of the molecule is CCn1c(C)nnc1SCC(=O)Nc1ccc(I)cc1. The van der Waals surface area contributed by atoms with E-state index in [1.165, 1.54) is 11.8 Å². The Kier molecular flexibility index (Phi) is 5.41. The van der Waals surface area contributed by atoms with E-state index in [1.54, 1.807) is 0 Å². The summed E-state index contributed by atoms with van der Waals surface area (Å²) in [5, 5.41) is 11.7. The van der Waals surface area contributed by atoms with E-state index in [1.807, 2.05) is 42.7 Å². The van der Waals surface area contributed by atoms with Crippen molar-refractivity contribution in [1.29, 1.82) is 0 Å². The molecule has 0 aliphatic rings. The summed E-state index contributed by atoms with van der Waals surface area (Å²) in [6.45, 7) is 4.75. The number of nitrogens with zero attached hydrogens (tertiary/aromatic N) is 3. The van der Waals surface area contributed by atoms with Gasteiger partial charge in [-0.3, -0.25) is 4.79 Å². The van der Waals surface area contributed by atoms with Gasteiger partial charge in [0.15, 0.2) is 5.16 Å². The summed E-state index contributed by atoms with van der Waals surface area (Å²) in [5.74, 6) is 1.15. The molecule has 0 spiro atoms. The van der Waals surface area contributed by atoms with Gasteiger partial charge in [0.05, 0.1) is 5.75 Å². The number of nitrogens with one attached hydrogen (secondary N) is 1. The summed E-state index contributed by atoms with van der Waals surface area (Å²) in [4.78, 5) is 11.9. The zero-order chi connectivity index (χ0) is 14.5. The Labute approximate surface area is 135 Å². The minimum Gasteiger partial charge on any atom is -0.325 e. The maximum Gasteiger partial charge on any atom is 0.234 e. The summed E-state index contributed by atoms with van der Waals surface area (Å²) in [7, 11) is 0. The van der Waals surface area contributed by atoms with Crippen LogP contribution < -0.4 is 5.32 Å². The van der Waals surface area contributed by atoms with Gasteiger partial charge in [0.25, 0.3) is 0 Å². The first-order chi connectivity index (χ1) is 9.60. The third kappa shape index (κ3) is 3.95. The molecule has 2 rings (SSSR count). The van der Waals surface area contributed by atoms with Crippen molar-refractivity contribution in [2.75, 3.05) is 11.1 Å². The third-order valence-corrected chi connectivity index (χ3v) is 4.36. The zero-order valence-electron chi connectivity index (χ0n) is 11.3. The predicted molar refractivity (Wildman–Crippen MR) is 88.9 cm³/mol. The number of rotatable bonds is 5. The molecule has 0 saturated carbocycles. The second-order valence-electron chi connectivity index (χ2n) is 4.12. The lowest BCUT2D eigenvalue weighted by molar-refractivity contribution is -0.113. The fraction of sp³-hybridized carbons (Fsp3) is 0.308. The van der Waals surface area contributed by atoms with Crippen LogP contribution in [0.1, 0.15) is 12.7 Å². The molecule has 0 bridgehead atoms. The summed E-state index contributed by atoms with van der Waals surface area (Å²) in [6.07, 6.45) is 0. The fourth-order valence-corrected chi connectivity index (χ4v) is 2.90. The summed E-state index contributed by atoms with van der Waals surface area (Å²) in [5.41, 5.74) is 0.809. The second kappa shape index (κ2) is 7.07. The zero-order valence-corrected chi connectivity index (χ0v) is 14.2. The molecule has 106 valence electrons. The lowest BCUT2D eigenvalue weighted by Gasteiger charge is -2.06. The first-order valence-electron chi connectivity index (χ1n) is 6.18. The molecule has 0 aliphatic carbocycles. The van der Waals surface area contributed by atoms with Crippen molar-refractivity contribution in [2.45, 2.75) is 25.5 Å². The minimum absolute atomic E-state index is 0.0421. The fourth-order valence-electron chi connectivity index (χ4n) is 1.69. The Bertz CT molecular complexity index is 597. The van der Waals surface area contributed by atoms with Gasteiger partial charge >= 0.3 is 0 Å². The third-order valence-electron chi connectivity index (χ3n) is 2.68. The standard InChI is InChI=1S/C13H15IN4OS/c1-3-18-9(2)16-17-13(18)20-8-12(19)15-11-6-4-10(14)5-7-11/h4-7H,3,8H2,1-2H3,(H,15,19). The largest absolute Gasteiger partial charge is 0.325 e. The molecule has 20 heavy (non-hydrogen) atoms. The number of hydrogen-bond donors (Lipinski definition) is 1. The van der Waals surface area contributed by atoms with Crippen LogP contribution in [0.2, 0.25) is 0 Å². The maximum absolute atomic E-state index is 11.9. The first-order valence-corrected chi connectivity index (χ1v) is 8.24. The predicted octanol–water partition coefficient (Wildman–Crippen LogP) is 2.94. The Morgan fingerprint density at radius 1 is 1.35 bits per heavy atom. The first kappa shape index (κ1) is 15.3. The molecule has 7 heteroatoms.